The second-order valence-corrected chi connectivity index (χ2v) is 2.27. The van der Waals surface area contributed by atoms with Crippen molar-refractivity contribution in [3.05, 3.63) is 29.0 Å². The average molecular weight is 166 g/mol. The van der Waals surface area contributed by atoms with Gasteiger partial charge >= 0.3 is 11.7 Å². The van der Waals surface area contributed by atoms with E-state index in [1.165, 1.54) is 12.2 Å². The largest absolute Gasteiger partial charge is 0.502 e. The summed E-state index contributed by atoms with van der Waals surface area (Å²) < 4.78 is 0. The van der Waals surface area contributed by atoms with E-state index in [1.807, 2.05) is 0 Å². The maximum Gasteiger partial charge on any atom is 0.337 e. The SMILES string of the molecule is [N-]=[N+]=C1CC(C(=O)O)=CC=C1O. The van der Waals surface area contributed by atoms with E-state index < -0.39 is 5.97 Å². The van der Waals surface area contributed by atoms with Crippen molar-refractivity contribution in [3.8, 4) is 0 Å². The lowest BCUT2D eigenvalue weighted by atomic mass is 10.0. The van der Waals surface area contributed by atoms with Gasteiger partial charge in [-0.1, -0.05) is 0 Å². The Morgan fingerprint density at radius 2 is 2.25 bits per heavy atom. The molecule has 0 radical (unpaired) electrons. The summed E-state index contributed by atoms with van der Waals surface area (Å²) in [4.78, 5) is 13.2. The van der Waals surface area contributed by atoms with E-state index in [9.17, 15) is 4.79 Å². The molecule has 0 saturated heterocycles. The monoisotopic (exact) mass is 166 g/mol. The molecule has 0 fully saturated rings. The molecule has 0 bridgehead atoms. The first-order valence-electron chi connectivity index (χ1n) is 3.19. The molecule has 5 heteroatoms. The summed E-state index contributed by atoms with van der Waals surface area (Å²) in [6.07, 6.45) is 2.39. The highest BCUT2D eigenvalue weighted by Gasteiger charge is 2.23. The van der Waals surface area contributed by atoms with Gasteiger partial charge in [0.15, 0.2) is 0 Å². The van der Waals surface area contributed by atoms with Crippen LogP contribution in [-0.4, -0.2) is 26.7 Å². The summed E-state index contributed by atoms with van der Waals surface area (Å²) in [5, 5.41) is 17.5. The van der Waals surface area contributed by atoms with Crippen molar-refractivity contribution in [3.63, 3.8) is 0 Å². The summed E-state index contributed by atoms with van der Waals surface area (Å²) >= 11 is 0. The zero-order valence-corrected chi connectivity index (χ0v) is 6.06. The van der Waals surface area contributed by atoms with Gasteiger partial charge in [0.1, 0.15) is 0 Å². The fourth-order valence-corrected chi connectivity index (χ4v) is 0.839. The molecular formula is C7H6N2O3. The van der Waals surface area contributed by atoms with Crippen molar-refractivity contribution in [1.82, 2.24) is 0 Å². The van der Waals surface area contributed by atoms with Gasteiger partial charge in [0.05, 0.1) is 6.42 Å². The van der Waals surface area contributed by atoms with Gasteiger partial charge < -0.3 is 15.7 Å². The molecule has 0 unspecified atom stereocenters. The van der Waals surface area contributed by atoms with Crippen molar-refractivity contribution in [2.75, 3.05) is 0 Å². The first kappa shape index (κ1) is 8.23. The highest BCUT2D eigenvalue weighted by atomic mass is 16.4. The van der Waals surface area contributed by atoms with Crippen LogP contribution in [0, 0.1) is 0 Å². The first-order valence-corrected chi connectivity index (χ1v) is 3.19. The van der Waals surface area contributed by atoms with E-state index in [1.54, 1.807) is 0 Å². The molecule has 12 heavy (non-hydrogen) atoms. The number of aliphatic carboxylic acids is 1. The molecule has 0 aromatic rings. The van der Waals surface area contributed by atoms with Gasteiger partial charge in [-0.2, -0.15) is 4.79 Å². The Morgan fingerprint density at radius 3 is 2.75 bits per heavy atom. The third-order valence-corrected chi connectivity index (χ3v) is 1.49. The number of aliphatic hydroxyl groups excluding tert-OH is 1. The van der Waals surface area contributed by atoms with Crippen molar-refractivity contribution < 1.29 is 19.8 Å². The molecule has 0 aromatic heterocycles. The number of hydrogen-bond acceptors (Lipinski definition) is 2. The number of aliphatic hydroxyl groups is 1. The summed E-state index contributed by atoms with van der Waals surface area (Å²) in [6, 6.07) is 0. The molecule has 0 amide bonds. The lowest BCUT2D eigenvalue weighted by Gasteiger charge is -2.01. The van der Waals surface area contributed by atoms with Crippen molar-refractivity contribution in [2.45, 2.75) is 6.42 Å². The fourth-order valence-electron chi connectivity index (χ4n) is 0.839. The number of nitrogens with zero attached hydrogens (tertiary/aromatic N) is 2. The Bertz CT molecular complexity index is 335. The fraction of sp³-hybridized carbons (Fsp3) is 0.143. The van der Waals surface area contributed by atoms with Crippen LogP contribution in [0.4, 0.5) is 0 Å². The molecule has 0 aromatic carbocycles. The molecule has 2 N–H and O–H groups in total. The Labute approximate surface area is 67.9 Å². The number of carboxylic acids is 1. The minimum absolute atomic E-state index is 0.0325. The van der Waals surface area contributed by atoms with Gasteiger partial charge in [0.25, 0.3) is 0 Å². The standard InChI is InChI=1S/C7H6N2O3/c8-9-5-3-4(7(11)12)1-2-6(5)10/h1-2,10H,3H2,(H,11,12). The first-order chi connectivity index (χ1) is 5.65. The van der Waals surface area contributed by atoms with E-state index in [0.29, 0.717) is 0 Å². The summed E-state index contributed by atoms with van der Waals surface area (Å²) in [6.45, 7) is 0. The second kappa shape index (κ2) is 3.02. The number of rotatable bonds is 1. The quantitative estimate of drug-likeness (QED) is 0.439. The van der Waals surface area contributed by atoms with Gasteiger partial charge in [-0.25, -0.2) is 4.79 Å². The predicted molar refractivity (Wildman–Crippen MR) is 39.7 cm³/mol. The molecule has 0 heterocycles. The van der Waals surface area contributed by atoms with Crippen molar-refractivity contribution >= 4 is 11.7 Å². The zero-order valence-electron chi connectivity index (χ0n) is 6.06. The van der Waals surface area contributed by atoms with Gasteiger partial charge in [0.2, 0.25) is 5.76 Å². The summed E-state index contributed by atoms with van der Waals surface area (Å²) in [7, 11) is 0. The number of hydrogen-bond donors (Lipinski definition) is 2. The maximum atomic E-state index is 10.4. The average Bonchev–Trinajstić information content (AvgIpc) is 2.05. The van der Waals surface area contributed by atoms with Crippen LogP contribution in [0.25, 0.3) is 5.53 Å². The molecular weight excluding hydrogens is 160 g/mol. The van der Waals surface area contributed by atoms with Crippen LogP contribution in [0.3, 0.4) is 0 Å². The summed E-state index contributed by atoms with van der Waals surface area (Å²) in [5.74, 6) is -1.29. The highest BCUT2D eigenvalue weighted by Crippen LogP contribution is 2.12. The molecule has 5 nitrogen and oxygen atoms in total. The third-order valence-electron chi connectivity index (χ3n) is 1.49. The third kappa shape index (κ3) is 1.41. The van der Waals surface area contributed by atoms with Crippen LogP contribution in [0.15, 0.2) is 23.5 Å². The molecule has 1 aliphatic rings. The molecule has 1 rings (SSSR count). The number of carbonyl (C=O) groups is 1. The normalized spacial score (nSPS) is 16.2. The lowest BCUT2D eigenvalue weighted by Crippen LogP contribution is -2.13. The predicted octanol–water partition coefficient (Wildman–Crippen LogP) is 0.514. The van der Waals surface area contributed by atoms with Crippen LogP contribution in [0.2, 0.25) is 0 Å². The van der Waals surface area contributed by atoms with Crippen molar-refractivity contribution in [1.29, 1.82) is 0 Å². The van der Waals surface area contributed by atoms with Crippen LogP contribution in [0.1, 0.15) is 6.42 Å². The van der Waals surface area contributed by atoms with Gasteiger partial charge in [0, 0.05) is 5.57 Å². The Morgan fingerprint density at radius 1 is 1.58 bits per heavy atom. The zero-order chi connectivity index (χ0) is 9.14. The molecule has 0 aliphatic heterocycles. The highest BCUT2D eigenvalue weighted by molar-refractivity contribution is 6.03. The van der Waals surface area contributed by atoms with Crippen LogP contribution in [-0.2, 0) is 4.79 Å². The Kier molecular flexibility index (Phi) is 2.07. The molecule has 62 valence electrons. The summed E-state index contributed by atoms with van der Waals surface area (Å²) in [5.41, 5.74) is 8.38. The number of allylic oxidation sites excluding steroid dienone is 3. The minimum Gasteiger partial charge on any atom is -0.502 e. The maximum absolute atomic E-state index is 10.4. The van der Waals surface area contributed by atoms with Crippen LogP contribution >= 0.6 is 0 Å². The molecule has 0 atom stereocenters. The van der Waals surface area contributed by atoms with Crippen LogP contribution < -0.4 is 0 Å². The smallest absolute Gasteiger partial charge is 0.337 e. The van der Waals surface area contributed by atoms with E-state index >= 15 is 0 Å². The topological polar surface area (TPSA) is 93.9 Å². The number of carboxylic acid groups (broad SMARTS) is 1. The van der Waals surface area contributed by atoms with E-state index in [4.69, 9.17) is 15.7 Å². The Hall–Kier alpha value is -1.87. The molecule has 0 spiro atoms. The van der Waals surface area contributed by atoms with E-state index in [2.05, 4.69) is 4.79 Å². The van der Waals surface area contributed by atoms with Crippen LogP contribution in [0.5, 0.6) is 0 Å². The second-order valence-electron chi connectivity index (χ2n) is 2.27. The van der Waals surface area contributed by atoms with Gasteiger partial charge in [-0.05, 0) is 12.2 Å². The van der Waals surface area contributed by atoms with E-state index in [0.717, 1.165) is 0 Å². The van der Waals surface area contributed by atoms with Crippen molar-refractivity contribution in [2.24, 2.45) is 0 Å². The van der Waals surface area contributed by atoms with Gasteiger partial charge in [-0.15, -0.1) is 0 Å². The van der Waals surface area contributed by atoms with E-state index in [-0.39, 0.29) is 23.5 Å². The Balaban J connectivity index is 3.02. The minimum atomic E-state index is -1.08. The lowest BCUT2D eigenvalue weighted by molar-refractivity contribution is -0.132. The molecule has 0 saturated carbocycles. The molecule has 1 aliphatic carbocycles. The van der Waals surface area contributed by atoms with Gasteiger partial charge in [-0.3, -0.25) is 0 Å².